The van der Waals surface area contributed by atoms with Crippen molar-refractivity contribution < 1.29 is 0 Å². The van der Waals surface area contributed by atoms with Gasteiger partial charge in [0.25, 0.3) is 0 Å². The number of nitrogens with one attached hydrogen (secondary N) is 2. The van der Waals surface area contributed by atoms with Crippen molar-refractivity contribution >= 4 is 46.7 Å². The first-order chi connectivity index (χ1) is 10.5. The minimum Gasteiger partial charge on any atom is -0.362 e. The van der Waals surface area contributed by atoms with E-state index in [2.05, 4.69) is 20.9 Å². The van der Waals surface area contributed by atoms with Gasteiger partial charge < -0.3 is 5.32 Å². The number of nitrogens with zero attached hydrogens (tertiary/aromatic N) is 3. The first-order valence-corrected chi connectivity index (χ1v) is 7.77. The number of rotatable bonds is 4. The van der Waals surface area contributed by atoms with Crippen LogP contribution in [0.2, 0.25) is 10.2 Å². The average Bonchev–Trinajstić information content (AvgIpc) is 2.75. The van der Waals surface area contributed by atoms with E-state index in [9.17, 15) is 0 Å². The Kier molecular flexibility index (Phi) is 5.76. The summed E-state index contributed by atoms with van der Waals surface area (Å²) >= 11 is 17.4. The Morgan fingerprint density at radius 3 is 2.91 bits per heavy atom. The minimum atomic E-state index is 0.453. The van der Waals surface area contributed by atoms with Crippen molar-refractivity contribution in [2.45, 2.75) is 13.8 Å². The maximum atomic E-state index is 6.38. The van der Waals surface area contributed by atoms with Gasteiger partial charge >= 0.3 is 0 Å². The number of thiocarbonyl (C=S) groups is 1. The van der Waals surface area contributed by atoms with E-state index in [0.29, 0.717) is 20.9 Å². The number of aromatic nitrogens is 2. The molecule has 1 heterocycles. The topological polar surface area (TPSA) is 54.2 Å². The van der Waals surface area contributed by atoms with Crippen LogP contribution in [0.1, 0.15) is 18.2 Å². The maximum absolute atomic E-state index is 6.38. The fourth-order valence-corrected chi connectivity index (χ4v) is 2.49. The molecular weight excluding hydrogens is 341 g/mol. The quantitative estimate of drug-likeness (QED) is 0.501. The molecule has 1 aromatic carbocycles. The fraction of sp³-hybridized carbons (Fsp3) is 0.214. The number of hydrogen-bond donors (Lipinski definition) is 2. The van der Waals surface area contributed by atoms with Gasteiger partial charge in [0.05, 0.1) is 23.2 Å². The van der Waals surface area contributed by atoms with Crippen LogP contribution < -0.4 is 10.7 Å². The second-order valence-electron chi connectivity index (χ2n) is 4.41. The second-order valence-corrected chi connectivity index (χ2v) is 5.61. The third kappa shape index (κ3) is 3.97. The van der Waals surface area contributed by atoms with Crippen molar-refractivity contribution in [3.63, 3.8) is 0 Å². The van der Waals surface area contributed by atoms with Crippen molar-refractivity contribution in [1.29, 1.82) is 0 Å². The van der Waals surface area contributed by atoms with E-state index < -0.39 is 0 Å². The van der Waals surface area contributed by atoms with Gasteiger partial charge in [-0.05, 0) is 44.3 Å². The molecule has 0 saturated heterocycles. The Morgan fingerprint density at radius 2 is 2.23 bits per heavy atom. The summed E-state index contributed by atoms with van der Waals surface area (Å²) < 4.78 is 1.62. The molecule has 0 aliphatic carbocycles. The first kappa shape index (κ1) is 16.7. The predicted octanol–water partition coefficient (Wildman–Crippen LogP) is 3.31. The Labute approximate surface area is 144 Å². The fourth-order valence-electron chi connectivity index (χ4n) is 1.79. The monoisotopic (exact) mass is 355 g/mol. The van der Waals surface area contributed by atoms with Gasteiger partial charge in [0.15, 0.2) is 5.11 Å². The minimum absolute atomic E-state index is 0.453. The Balaban J connectivity index is 2.24. The summed E-state index contributed by atoms with van der Waals surface area (Å²) in [5.74, 6) is 0. The van der Waals surface area contributed by atoms with Crippen LogP contribution in [-0.4, -0.2) is 27.7 Å². The smallest absolute Gasteiger partial charge is 0.186 e. The number of benzene rings is 1. The molecule has 0 saturated carbocycles. The van der Waals surface area contributed by atoms with E-state index in [1.54, 1.807) is 23.0 Å². The van der Waals surface area contributed by atoms with E-state index in [4.69, 9.17) is 35.4 Å². The number of halogens is 2. The summed E-state index contributed by atoms with van der Waals surface area (Å²) in [6.45, 7) is 4.54. The molecule has 22 heavy (non-hydrogen) atoms. The van der Waals surface area contributed by atoms with Crippen LogP contribution in [0.5, 0.6) is 0 Å². The molecule has 116 valence electrons. The van der Waals surface area contributed by atoms with Crippen LogP contribution >= 0.6 is 35.4 Å². The standard InChI is InChI=1S/C14H15Cl2N5S/c1-3-17-14(22)19-18-8-12-9(2)20-21(13(12)16)11-6-4-5-10(15)7-11/h4-8H,3H2,1-2H3,(H2,17,19,22)/b18-8+. The van der Waals surface area contributed by atoms with Gasteiger partial charge in [-0.15, -0.1) is 0 Å². The van der Waals surface area contributed by atoms with E-state index >= 15 is 0 Å². The van der Waals surface area contributed by atoms with Crippen LogP contribution in [-0.2, 0) is 0 Å². The second kappa shape index (κ2) is 7.58. The number of hydrogen-bond acceptors (Lipinski definition) is 3. The van der Waals surface area contributed by atoms with Crippen molar-refractivity contribution in [3.05, 3.63) is 45.7 Å². The summed E-state index contributed by atoms with van der Waals surface area (Å²) in [5.41, 5.74) is 4.98. The zero-order valence-electron chi connectivity index (χ0n) is 12.1. The molecule has 2 aromatic rings. The molecular formula is C14H15Cl2N5S. The highest BCUT2D eigenvalue weighted by atomic mass is 35.5. The molecule has 1 aromatic heterocycles. The van der Waals surface area contributed by atoms with Crippen molar-refractivity contribution in [1.82, 2.24) is 20.5 Å². The molecule has 5 nitrogen and oxygen atoms in total. The molecule has 0 amide bonds. The van der Waals surface area contributed by atoms with Gasteiger partial charge in [0, 0.05) is 11.6 Å². The Bertz CT molecular complexity index is 711. The van der Waals surface area contributed by atoms with Gasteiger partial charge in [-0.3, -0.25) is 5.43 Å². The average molecular weight is 356 g/mol. The lowest BCUT2D eigenvalue weighted by molar-refractivity contribution is 0.863. The number of aryl methyl sites for hydroxylation is 1. The van der Waals surface area contributed by atoms with Crippen molar-refractivity contribution in [2.24, 2.45) is 5.10 Å². The van der Waals surface area contributed by atoms with E-state index in [0.717, 1.165) is 17.9 Å². The largest absolute Gasteiger partial charge is 0.362 e. The van der Waals surface area contributed by atoms with Gasteiger partial charge in [-0.1, -0.05) is 29.3 Å². The lowest BCUT2D eigenvalue weighted by Crippen LogP contribution is -2.31. The van der Waals surface area contributed by atoms with Gasteiger partial charge in [0.2, 0.25) is 0 Å². The highest BCUT2D eigenvalue weighted by molar-refractivity contribution is 7.80. The van der Waals surface area contributed by atoms with Gasteiger partial charge in [-0.25, -0.2) is 4.68 Å². The van der Waals surface area contributed by atoms with E-state index in [1.807, 2.05) is 26.0 Å². The molecule has 0 fully saturated rings. The van der Waals surface area contributed by atoms with Crippen LogP contribution in [0.25, 0.3) is 5.69 Å². The molecule has 0 atom stereocenters. The van der Waals surface area contributed by atoms with Crippen LogP contribution in [0.3, 0.4) is 0 Å². The SMILES string of the molecule is CCNC(=S)N/N=C/c1c(C)nn(-c2cccc(Cl)c2)c1Cl. The highest BCUT2D eigenvalue weighted by Crippen LogP contribution is 2.23. The highest BCUT2D eigenvalue weighted by Gasteiger charge is 2.13. The predicted molar refractivity (Wildman–Crippen MR) is 95.3 cm³/mol. The third-order valence-corrected chi connectivity index (χ3v) is 3.63. The summed E-state index contributed by atoms with van der Waals surface area (Å²) in [6.07, 6.45) is 1.59. The van der Waals surface area contributed by atoms with Gasteiger partial charge in [0.1, 0.15) is 5.15 Å². The lowest BCUT2D eigenvalue weighted by atomic mass is 10.3. The van der Waals surface area contributed by atoms with Crippen LogP contribution in [0.4, 0.5) is 0 Å². The molecule has 0 aliphatic heterocycles. The summed E-state index contributed by atoms with van der Waals surface area (Å²) in [4.78, 5) is 0. The molecule has 8 heteroatoms. The molecule has 2 rings (SSSR count). The van der Waals surface area contributed by atoms with E-state index in [1.165, 1.54) is 0 Å². The Hall–Kier alpha value is -1.63. The normalized spacial score (nSPS) is 10.9. The van der Waals surface area contributed by atoms with Crippen LogP contribution in [0, 0.1) is 6.92 Å². The zero-order chi connectivity index (χ0) is 16.1. The Morgan fingerprint density at radius 1 is 1.45 bits per heavy atom. The van der Waals surface area contributed by atoms with Gasteiger partial charge in [-0.2, -0.15) is 10.2 Å². The maximum Gasteiger partial charge on any atom is 0.186 e. The van der Waals surface area contributed by atoms with Crippen molar-refractivity contribution in [2.75, 3.05) is 6.54 Å². The third-order valence-electron chi connectivity index (χ3n) is 2.80. The molecule has 0 unspecified atom stereocenters. The molecule has 0 spiro atoms. The lowest BCUT2D eigenvalue weighted by Gasteiger charge is -2.03. The number of hydrazone groups is 1. The first-order valence-electron chi connectivity index (χ1n) is 6.61. The van der Waals surface area contributed by atoms with Crippen molar-refractivity contribution in [3.8, 4) is 5.69 Å². The zero-order valence-corrected chi connectivity index (χ0v) is 14.4. The van der Waals surface area contributed by atoms with Crippen LogP contribution in [0.15, 0.2) is 29.4 Å². The molecule has 0 bridgehead atoms. The summed E-state index contributed by atoms with van der Waals surface area (Å²) in [7, 11) is 0. The molecule has 2 N–H and O–H groups in total. The summed E-state index contributed by atoms with van der Waals surface area (Å²) in [6, 6.07) is 7.31. The molecule has 0 radical (unpaired) electrons. The molecule has 0 aliphatic rings. The summed E-state index contributed by atoms with van der Waals surface area (Å²) in [5, 5.41) is 12.9. The van der Waals surface area contributed by atoms with E-state index in [-0.39, 0.29) is 0 Å².